The standard InChI is InChI=1S/C11H16N2O3.ClH/c1-14-9-4-7(8(13)2-3-12)5-10-11(9)16-6-15-10;/h4-5,8H,2-3,6,12-13H2,1H3;1H/t8-;/m0./s1. The zero-order valence-electron chi connectivity index (χ0n) is 9.64. The molecule has 1 heterocycles. The molecule has 0 fully saturated rings. The molecule has 0 saturated carbocycles. The lowest BCUT2D eigenvalue weighted by atomic mass is 10.0. The highest BCUT2D eigenvalue weighted by Crippen LogP contribution is 2.42. The molecule has 1 aliphatic rings. The highest BCUT2D eigenvalue weighted by atomic mass is 35.5. The first-order chi connectivity index (χ1) is 7.76. The molecule has 0 unspecified atom stereocenters. The van der Waals surface area contributed by atoms with E-state index in [1.54, 1.807) is 7.11 Å². The van der Waals surface area contributed by atoms with Gasteiger partial charge >= 0.3 is 0 Å². The Hall–Kier alpha value is -1.17. The van der Waals surface area contributed by atoms with Gasteiger partial charge in [-0.1, -0.05) is 0 Å². The highest BCUT2D eigenvalue weighted by Gasteiger charge is 2.21. The Kier molecular flexibility index (Phi) is 4.86. The van der Waals surface area contributed by atoms with Crippen LogP contribution in [0.2, 0.25) is 0 Å². The van der Waals surface area contributed by atoms with Gasteiger partial charge in [0.05, 0.1) is 7.11 Å². The summed E-state index contributed by atoms with van der Waals surface area (Å²) >= 11 is 0. The molecule has 4 N–H and O–H groups in total. The minimum Gasteiger partial charge on any atom is -0.493 e. The summed E-state index contributed by atoms with van der Waals surface area (Å²) in [6.07, 6.45) is 0.725. The van der Waals surface area contributed by atoms with Crippen molar-refractivity contribution < 1.29 is 14.2 Å². The van der Waals surface area contributed by atoms with E-state index in [9.17, 15) is 0 Å². The Labute approximate surface area is 106 Å². The lowest BCUT2D eigenvalue weighted by Gasteiger charge is -2.13. The summed E-state index contributed by atoms with van der Waals surface area (Å²) in [6, 6.07) is 3.65. The van der Waals surface area contributed by atoms with Gasteiger partial charge in [0.25, 0.3) is 0 Å². The molecular formula is C11H17ClN2O3. The molecule has 17 heavy (non-hydrogen) atoms. The van der Waals surface area contributed by atoms with Gasteiger partial charge in [0.15, 0.2) is 11.5 Å². The molecular weight excluding hydrogens is 244 g/mol. The number of benzene rings is 1. The van der Waals surface area contributed by atoms with Crippen molar-refractivity contribution in [1.82, 2.24) is 0 Å². The van der Waals surface area contributed by atoms with E-state index in [1.807, 2.05) is 12.1 Å². The second-order valence-electron chi connectivity index (χ2n) is 3.64. The van der Waals surface area contributed by atoms with E-state index in [1.165, 1.54) is 0 Å². The number of rotatable bonds is 4. The van der Waals surface area contributed by atoms with Crippen LogP contribution in [0.25, 0.3) is 0 Å². The number of halogens is 1. The van der Waals surface area contributed by atoms with Gasteiger partial charge in [-0.2, -0.15) is 0 Å². The van der Waals surface area contributed by atoms with E-state index >= 15 is 0 Å². The predicted molar refractivity (Wildman–Crippen MR) is 67.0 cm³/mol. The van der Waals surface area contributed by atoms with Crippen molar-refractivity contribution in [1.29, 1.82) is 0 Å². The first kappa shape index (κ1) is 13.9. The zero-order chi connectivity index (χ0) is 11.5. The van der Waals surface area contributed by atoms with Crippen LogP contribution in [0, 0.1) is 0 Å². The van der Waals surface area contributed by atoms with Crippen molar-refractivity contribution in [2.24, 2.45) is 11.5 Å². The van der Waals surface area contributed by atoms with Crippen molar-refractivity contribution in [3.8, 4) is 17.2 Å². The summed E-state index contributed by atoms with van der Waals surface area (Å²) in [5.41, 5.74) is 12.4. The van der Waals surface area contributed by atoms with Gasteiger partial charge in [-0.15, -0.1) is 12.4 Å². The van der Waals surface area contributed by atoms with Crippen LogP contribution in [-0.2, 0) is 0 Å². The molecule has 0 bridgehead atoms. The minimum absolute atomic E-state index is 0. The molecule has 0 spiro atoms. The van der Waals surface area contributed by atoms with Crippen LogP contribution < -0.4 is 25.7 Å². The van der Waals surface area contributed by atoms with E-state index in [0.717, 1.165) is 12.0 Å². The second-order valence-corrected chi connectivity index (χ2v) is 3.64. The van der Waals surface area contributed by atoms with Crippen LogP contribution in [0.3, 0.4) is 0 Å². The SMILES string of the molecule is COc1cc([C@@H](N)CCN)cc2c1OCO2.Cl. The van der Waals surface area contributed by atoms with Gasteiger partial charge in [0.1, 0.15) is 0 Å². The topological polar surface area (TPSA) is 79.7 Å². The Morgan fingerprint density at radius 3 is 2.82 bits per heavy atom. The Morgan fingerprint density at radius 2 is 2.18 bits per heavy atom. The number of fused-ring (bicyclic) bond motifs is 1. The van der Waals surface area contributed by atoms with Crippen LogP contribution in [0.1, 0.15) is 18.0 Å². The van der Waals surface area contributed by atoms with Crippen LogP contribution in [-0.4, -0.2) is 20.4 Å². The molecule has 1 atom stereocenters. The first-order valence-corrected chi connectivity index (χ1v) is 5.19. The fourth-order valence-electron chi connectivity index (χ4n) is 1.71. The summed E-state index contributed by atoms with van der Waals surface area (Å²) in [5, 5.41) is 0. The predicted octanol–water partition coefficient (Wildman–Crippen LogP) is 1.19. The van der Waals surface area contributed by atoms with Crippen LogP contribution >= 0.6 is 12.4 Å². The monoisotopic (exact) mass is 260 g/mol. The number of methoxy groups -OCH3 is 1. The Morgan fingerprint density at radius 1 is 1.41 bits per heavy atom. The maximum atomic E-state index is 5.99. The fourth-order valence-corrected chi connectivity index (χ4v) is 1.71. The lowest BCUT2D eigenvalue weighted by molar-refractivity contribution is 0.171. The molecule has 2 rings (SSSR count). The maximum absolute atomic E-state index is 5.99. The van der Waals surface area contributed by atoms with E-state index < -0.39 is 0 Å². The number of ether oxygens (including phenoxy) is 3. The molecule has 6 heteroatoms. The number of hydrogen-bond donors (Lipinski definition) is 2. The molecule has 0 saturated heterocycles. The van der Waals surface area contributed by atoms with Gasteiger partial charge in [0, 0.05) is 6.04 Å². The minimum atomic E-state index is -0.103. The molecule has 0 radical (unpaired) electrons. The highest BCUT2D eigenvalue weighted by molar-refractivity contribution is 5.85. The number of hydrogen-bond acceptors (Lipinski definition) is 5. The molecule has 96 valence electrons. The normalized spacial score (nSPS) is 14.1. The quantitative estimate of drug-likeness (QED) is 0.850. The van der Waals surface area contributed by atoms with Gasteiger partial charge in [0.2, 0.25) is 12.5 Å². The summed E-state index contributed by atoms with van der Waals surface area (Å²) in [4.78, 5) is 0. The smallest absolute Gasteiger partial charge is 0.231 e. The fraction of sp³-hybridized carbons (Fsp3) is 0.455. The maximum Gasteiger partial charge on any atom is 0.231 e. The third-order valence-corrected chi connectivity index (χ3v) is 2.59. The van der Waals surface area contributed by atoms with E-state index in [2.05, 4.69) is 0 Å². The average Bonchev–Trinajstić information content (AvgIpc) is 2.75. The molecule has 0 aliphatic carbocycles. The summed E-state index contributed by atoms with van der Waals surface area (Å²) in [6.45, 7) is 0.777. The molecule has 1 aromatic rings. The van der Waals surface area contributed by atoms with Crippen molar-refractivity contribution in [3.63, 3.8) is 0 Å². The van der Waals surface area contributed by atoms with E-state index in [-0.39, 0.29) is 25.2 Å². The lowest BCUT2D eigenvalue weighted by Crippen LogP contribution is -2.15. The second kappa shape index (κ2) is 5.95. The van der Waals surface area contributed by atoms with Gasteiger partial charge in [-0.25, -0.2) is 0 Å². The third-order valence-electron chi connectivity index (χ3n) is 2.59. The van der Waals surface area contributed by atoms with Crippen molar-refractivity contribution >= 4 is 12.4 Å². The Balaban J connectivity index is 0.00000144. The van der Waals surface area contributed by atoms with Crippen LogP contribution in [0.15, 0.2) is 12.1 Å². The molecule has 1 aliphatic heterocycles. The molecule has 5 nitrogen and oxygen atoms in total. The summed E-state index contributed by atoms with van der Waals surface area (Å²) < 4.78 is 15.9. The van der Waals surface area contributed by atoms with Crippen LogP contribution in [0.4, 0.5) is 0 Å². The first-order valence-electron chi connectivity index (χ1n) is 5.19. The molecule has 1 aromatic carbocycles. The summed E-state index contributed by atoms with van der Waals surface area (Å²) in [5.74, 6) is 1.98. The van der Waals surface area contributed by atoms with Crippen molar-refractivity contribution in [2.45, 2.75) is 12.5 Å². The van der Waals surface area contributed by atoms with Gasteiger partial charge in [-0.3, -0.25) is 0 Å². The van der Waals surface area contributed by atoms with Crippen molar-refractivity contribution in [2.75, 3.05) is 20.4 Å². The third kappa shape index (κ3) is 2.74. The van der Waals surface area contributed by atoms with Crippen molar-refractivity contribution in [3.05, 3.63) is 17.7 Å². The van der Waals surface area contributed by atoms with Crippen LogP contribution in [0.5, 0.6) is 17.2 Å². The van der Waals surface area contributed by atoms with E-state index in [0.29, 0.717) is 23.8 Å². The summed E-state index contributed by atoms with van der Waals surface area (Å²) in [7, 11) is 1.59. The zero-order valence-corrected chi connectivity index (χ0v) is 10.5. The average molecular weight is 261 g/mol. The number of nitrogens with two attached hydrogens (primary N) is 2. The van der Waals surface area contributed by atoms with E-state index in [4.69, 9.17) is 25.7 Å². The Bertz CT molecular complexity index is 387. The van der Waals surface area contributed by atoms with Gasteiger partial charge in [-0.05, 0) is 30.7 Å². The largest absolute Gasteiger partial charge is 0.493 e. The molecule has 0 amide bonds. The molecule has 0 aromatic heterocycles. The van der Waals surface area contributed by atoms with Gasteiger partial charge < -0.3 is 25.7 Å².